The molecule has 0 aromatic heterocycles. The topological polar surface area (TPSA) is 15.3 Å². The highest BCUT2D eigenvalue weighted by atomic mass is 127. The average molecular weight is 384 g/mol. The molecule has 0 spiro atoms. The monoisotopic (exact) mass is 384 g/mol. The van der Waals surface area contributed by atoms with Gasteiger partial charge in [0, 0.05) is 35.8 Å². The number of hydrogen-bond acceptors (Lipinski definition) is 2. The number of rotatable bonds is 3. The lowest BCUT2D eigenvalue weighted by molar-refractivity contribution is -0.148. The number of nitrogens with one attached hydrogen (secondary N) is 1. The maximum absolute atomic E-state index is 12.8. The van der Waals surface area contributed by atoms with Crippen LogP contribution < -0.4 is 5.32 Å². The summed E-state index contributed by atoms with van der Waals surface area (Å²) in [5, 5.41) is 3.17. The smallest absolute Gasteiger partial charge is 0.314 e. The van der Waals surface area contributed by atoms with E-state index < -0.39 is 18.6 Å². The lowest BCUT2D eigenvalue weighted by Crippen LogP contribution is -2.46. The van der Waals surface area contributed by atoms with Crippen molar-refractivity contribution in [2.24, 2.45) is 0 Å². The van der Waals surface area contributed by atoms with Crippen molar-refractivity contribution < 1.29 is 13.2 Å². The van der Waals surface area contributed by atoms with Crippen molar-refractivity contribution in [3.8, 4) is 0 Å². The van der Waals surface area contributed by atoms with Crippen LogP contribution in [0.15, 0.2) is 24.3 Å². The van der Waals surface area contributed by atoms with Crippen molar-refractivity contribution >= 4 is 22.6 Å². The quantitative estimate of drug-likeness (QED) is 0.806. The van der Waals surface area contributed by atoms with Crippen molar-refractivity contribution in [3.05, 3.63) is 33.4 Å². The van der Waals surface area contributed by atoms with Crippen LogP contribution in [-0.4, -0.2) is 37.3 Å². The molecule has 1 saturated heterocycles. The van der Waals surface area contributed by atoms with Crippen LogP contribution in [0.25, 0.3) is 0 Å². The first-order valence-corrected chi connectivity index (χ1v) is 7.30. The largest absolute Gasteiger partial charge is 0.390 e. The van der Waals surface area contributed by atoms with Gasteiger partial charge in [0.1, 0.15) is 0 Å². The van der Waals surface area contributed by atoms with E-state index in [1.807, 2.05) is 23.1 Å². The summed E-state index contributed by atoms with van der Waals surface area (Å²) in [6.07, 6.45) is -4.93. The molecule has 1 fully saturated rings. The minimum absolute atomic E-state index is 0.572. The van der Waals surface area contributed by atoms with Gasteiger partial charge in [-0.25, -0.2) is 0 Å². The molecule has 0 radical (unpaired) electrons. The number of hydrogen-bond donors (Lipinski definition) is 1. The van der Waals surface area contributed by atoms with Gasteiger partial charge in [0.05, 0.1) is 6.42 Å². The molecule has 1 aromatic carbocycles. The molecule has 19 heavy (non-hydrogen) atoms. The van der Waals surface area contributed by atoms with Gasteiger partial charge in [0.15, 0.2) is 0 Å². The summed E-state index contributed by atoms with van der Waals surface area (Å²) in [6, 6.07) is 6.78. The van der Waals surface area contributed by atoms with E-state index in [4.69, 9.17) is 0 Å². The Morgan fingerprint density at radius 2 is 1.95 bits per heavy atom. The van der Waals surface area contributed by atoms with Crippen LogP contribution in [0, 0.1) is 3.57 Å². The molecular formula is C13H16F3IN2. The van der Waals surface area contributed by atoms with Crippen LogP contribution in [-0.2, 0) is 0 Å². The molecule has 1 aromatic rings. The zero-order valence-electron chi connectivity index (χ0n) is 10.4. The number of alkyl halides is 3. The van der Waals surface area contributed by atoms with Crippen molar-refractivity contribution in [3.63, 3.8) is 0 Å². The third-order valence-corrected chi connectivity index (χ3v) is 3.92. The van der Waals surface area contributed by atoms with Gasteiger partial charge in [0.2, 0.25) is 0 Å². The fourth-order valence-corrected chi connectivity index (χ4v) is 2.95. The standard InChI is InChI=1S/C13H16F3IN2/c14-13(15,16)9-12(19-6-4-18-5-7-19)10-2-1-3-11(17)8-10/h1-3,8,12,18H,4-7,9H2/t12-/m0/s1. The number of halogens is 4. The number of piperazine rings is 1. The summed E-state index contributed by atoms with van der Waals surface area (Å²) >= 11 is 2.13. The molecule has 0 amide bonds. The molecule has 0 saturated carbocycles. The lowest BCUT2D eigenvalue weighted by Gasteiger charge is -2.35. The Labute approximate surface area is 124 Å². The van der Waals surface area contributed by atoms with Gasteiger partial charge in [-0.15, -0.1) is 0 Å². The summed E-state index contributed by atoms with van der Waals surface area (Å²) < 4.78 is 39.4. The third kappa shape index (κ3) is 4.61. The van der Waals surface area contributed by atoms with E-state index in [-0.39, 0.29) is 0 Å². The van der Waals surface area contributed by atoms with E-state index in [2.05, 4.69) is 27.9 Å². The van der Waals surface area contributed by atoms with Gasteiger partial charge in [-0.1, -0.05) is 12.1 Å². The molecule has 1 N–H and O–H groups in total. The molecule has 2 nitrogen and oxygen atoms in total. The lowest BCUT2D eigenvalue weighted by atomic mass is 10.0. The zero-order chi connectivity index (χ0) is 13.9. The van der Waals surface area contributed by atoms with E-state index in [9.17, 15) is 13.2 Å². The van der Waals surface area contributed by atoms with Crippen LogP contribution in [0.5, 0.6) is 0 Å². The van der Waals surface area contributed by atoms with E-state index in [0.717, 1.165) is 22.2 Å². The molecule has 2 rings (SSSR count). The summed E-state index contributed by atoms with van der Waals surface area (Å²) in [7, 11) is 0. The van der Waals surface area contributed by atoms with Crippen LogP contribution >= 0.6 is 22.6 Å². The maximum atomic E-state index is 12.8. The Morgan fingerprint density at radius 3 is 2.53 bits per heavy atom. The first-order chi connectivity index (χ1) is 8.96. The fourth-order valence-electron chi connectivity index (χ4n) is 2.38. The second-order valence-electron chi connectivity index (χ2n) is 4.68. The summed E-state index contributed by atoms with van der Waals surface area (Å²) in [6.45, 7) is 2.81. The molecule has 1 aliphatic rings. The number of benzene rings is 1. The molecule has 1 heterocycles. The van der Waals surface area contributed by atoms with E-state index in [0.29, 0.717) is 13.1 Å². The first kappa shape index (κ1) is 15.1. The van der Waals surface area contributed by atoms with Crippen molar-refractivity contribution in [1.29, 1.82) is 0 Å². The van der Waals surface area contributed by atoms with E-state index in [1.165, 1.54) is 0 Å². The highest BCUT2D eigenvalue weighted by Gasteiger charge is 2.35. The predicted octanol–water partition coefficient (Wildman–Crippen LogP) is 3.19. The van der Waals surface area contributed by atoms with Gasteiger partial charge in [0.25, 0.3) is 0 Å². The van der Waals surface area contributed by atoms with Gasteiger partial charge in [-0.3, -0.25) is 4.90 Å². The molecule has 106 valence electrons. The first-order valence-electron chi connectivity index (χ1n) is 6.23. The molecule has 0 unspecified atom stereocenters. The Bertz CT molecular complexity index is 417. The normalized spacial score (nSPS) is 19.4. The predicted molar refractivity (Wildman–Crippen MR) is 77.0 cm³/mol. The summed E-state index contributed by atoms with van der Waals surface area (Å²) in [5.74, 6) is 0. The summed E-state index contributed by atoms with van der Waals surface area (Å²) in [4.78, 5) is 1.93. The Morgan fingerprint density at radius 1 is 1.26 bits per heavy atom. The second kappa shape index (κ2) is 6.41. The molecular weight excluding hydrogens is 368 g/mol. The van der Waals surface area contributed by atoms with Crippen molar-refractivity contribution in [1.82, 2.24) is 10.2 Å². The Kier molecular flexibility index (Phi) is 5.08. The van der Waals surface area contributed by atoms with Gasteiger partial charge >= 0.3 is 6.18 Å². The number of nitrogens with zero attached hydrogens (tertiary/aromatic N) is 1. The molecule has 0 aliphatic carbocycles. The van der Waals surface area contributed by atoms with Crippen LogP contribution in [0.4, 0.5) is 13.2 Å². The van der Waals surface area contributed by atoms with Crippen molar-refractivity contribution in [2.75, 3.05) is 26.2 Å². The Balaban J connectivity index is 2.22. The minimum atomic E-state index is -4.14. The molecule has 1 atom stereocenters. The molecule has 0 bridgehead atoms. The second-order valence-corrected chi connectivity index (χ2v) is 5.92. The van der Waals surface area contributed by atoms with Crippen molar-refractivity contribution in [2.45, 2.75) is 18.6 Å². The third-order valence-electron chi connectivity index (χ3n) is 3.25. The van der Waals surface area contributed by atoms with Crippen LogP contribution in [0.3, 0.4) is 0 Å². The minimum Gasteiger partial charge on any atom is -0.314 e. The molecule has 1 aliphatic heterocycles. The SMILES string of the molecule is FC(F)(F)C[C@@H](c1cccc(I)c1)N1CCNCC1. The van der Waals surface area contributed by atoms with Gasteiger partial charge in [-0.2, -0.15) is 13.2 Å². The van der Waals surface area contributed by atoms with E-state index >= 15 is 0 Å². The summed E-state index contributed by atoms with van der Waals surface area (Å²) in [5.41, 5.74) is 0.756. The molecule has 6 heteroatoms. The maximum Gasteiger partial charge on any atom is 0.390 e. The highest BCUT2D eigenvalue weighted by Crippen LogP contribution is 2.34. The van der Waals surface area contributed by atoms with E-state index in [1.54, 1.807) is 6.07 Å². The zero-order valence-corrected chi connectivity index (χ0v) is 12.5. The Hall–Kier alpha value is -0.340. The average Bonchev–Trinajstić information content (AvgIpc) is 2.36. The highest BCUT2D eigenvalue weighted by molar-refractivity contribution is 14.1. The van der Waals surface area contributed by atoms with Gasteiger partial charge in [-0.05, 0) is 40.3 Å². The van der Waals surface area contributed by atoms with Crippen LogP contribution in [0.1, 0.15) is 18.0 Å². The van der Waals surface area contributed by atoms with Gasteiger partial charge < -0.3 is 5.32 Å². The van der Waals surface area contributed by atoms with Crippen LogP contribution in [0.2, 0.25) is 0 Å². The fraction of sp³-hybridized carbons (Fsp3) is 0.538.